The summed E-state index contributed by atoms with van der Waals surface area (Å²) >= 11 is 3.33. The van der Waals surface area contributed by atoms with E-state index in [1.54, 1.807) is 20.8 Å². The SMILES string of the molecule is CC(C)(C)OC(=O)C(Cc1ccc(Br)cc1)C(N)=O. The molecule has 19 heavy (non-hydrogen) atoms. The van der Waals surface area contributed by atoms with Crippen LogP contribution < -0.4 is 5.73 Å². The molecular weight excluding hydrogens is 310 g/mol. The molecule has 4 nitrogen and oxygen atoms in total. The molecule has 2 N–H and O–H groups in total. The van der Waals surface area contributed by atoms with Gasteiger partial charge in [-0.3, -0.25) is 9.59 Å². The first kappa shape index (κ1) is 15.7. The molecule has 0 saturated heterocycles. The second-order valence-electron chi connectivity index (χ2n) is 5.32. The lowest BCUT2D eigenvalue weighted by molar-refractivity contribution is -0.161. The van der Waals surface area contributed by atoms with Gasteiger partial charge >= 0.3 is 5.97 Å². The maximum atomic E-state index is 11.9. The fourth-order valence-electron chi connectivity index (χ4n) is 1.53. The summed E-state index contributed by atoms with van der Waals surface area (Å²) in [7, 11) is 0. The molecule has 1 amide bonds. The van der Waals surface area contributed by atoms with Crippen molar-refractivity contribution in [2.75, 3.05) is 0 Å². The molecule has 1 aromatic carbocycles. The van der Waals surface area contributed by atoms with Crippen molar-refractivity contribution in [2.24, 2.45) is 11.7 Å². The van der Waals surface area contributed by atoms with E-state index in [9.17, 15) is 9.59 Å². The van der Waals surface area contributed by atoms with Crippen LogP contribution in [0.25, 0.3) is 0 Å². The summed E-state index contributed by atoms with van der Waals surface area (Å²) < 4.78 is 6.14. The molecule has 1 unspecified atom stereocenters. The number of nitrogens with two attached hydrogens (primary N) is 1. The van der Waals surface area contributed by atoms with Crippen LogP contribution >= 0.6 is 15.9 Å². The monoisotopic (exact) mass is 327 g/mol. The van der Waals surface area contributed by atoms with Gasteiger partial charge in [0.25, 0.3) is 0 Å². The molecule has 0 aliphatic carbocycles. The number of amides is 1. The van der Waals surface area contributed by atoms with Crippen molar-refractivity contribution < 1.29 is 14.3 Å². The number of hydrogen-bond donors (Lipinski definition) is 1. The first-order valence-corrected chi connectivity index (χ1v) is 6.75. The van der Waals surface area contributed by atoms with Gasteiger partial charge in [0.15, 0.2) is 0 Å². The normalized spacial score (nSPS) is 12.8. The Kier molecular flexibility index (Phi) is 5.11. The molecule has 1 aromatic rings. The van der Waals surface area contributed by atoms with Gasteiger partial charge in [-0.2, -0.15) is 0 Å². The highest BCUT2D eigenvalue weighted by atomic mass is 79.9. The summed E-state index contributed by atoms with van der Waals surface area (Å²) in [6.45, 7) is 5.26. The van der Waals surface area contributed by atoms with Gasteiger partial charge in [0.1, 0.15) is 11.5 Å². The van der Waals surface area contributed by atoms with Crippen molar-refractivity contribution in [2.45, 2.75) is 32.8 Å². The Morgan fingerprint density at radius 1 is 1.26 bits per heavy atom. The highest BCUT2D eigenvalue weighted by Gasteiger charge is 2.29. The van der Waals surface area contributed by atoms with E-state index in [-0.39, 0.29) is 6.42 Å². The first-order chi connectivity index (χ1) is 8.69. The molecule has 1 atom stereocenters. The smallest absolute Gasteiger partial charge is 0.319 e. The van der Waals surface area contributed by atoms with Crippen LogP contribution in [0.3, 0.4) is 0 Å². The lowest BCUT2D eigenvalue weighted by atomic mass is 9.98. The number of primary amides is 1. The Bertz CT molecular complexity index is 463. The number of rotatable bonds is 4. The summed E-state index contributed by atoms with van der Waals surface area (Å²) in [5.41, 5.74) is 5.51. The zero-order valence-electron chi connectivity index (χ0n) is 11.3. The van der Waals surface area contributed by atoms with Gasteiger partial charge in [-0.25, -0.2) is 0 Å². The van der Waals surface area contributed by atoms with Crippen LogP contribution in [0.15, 0.2) is 28.7 Å². The van der Waals surface area contributed by atoms with Crippen LogP contribution in [0.4, 0.5) is 0 Å². The third-order valence-electron chi connectivity index (χ3n) is 2.39. The van der Waals surface area contributed by atoms with Gasteiger partial charge in [-0.05, 0) is 44.9 Å². The maximum Gasteiger partial charge on any atom is 0.319 e. The zero-order valence-corrected chi connectivity index (χ0v) is 12.9. The van der Waals surface area contributed by atoms with Crippen molar-refractivity contribution in [1.29, 1.82) is 0 Å². The predicted octanol–water partition coefficient (Wildman–Crippen LogP) is 2.43. The average Bonchev–Trinajstić information content (AvgIpc) is 2.25. The van der Waals surface area contributed by atoms with Crippen LogP contribution in [0, 0.1) is 5.92 Å². The fourth-order valence-corrected chi connectivity index (χ4v) is 1.79. The molecule has 0 fully saturated rings. The third kappa shape index (κ3) is 5.42. The Balaban J connectivity index is 2.81. The lowest BCUT2D eigenvalue weighted by Gasteiger charge is -2.22. The van der Waals surface area contributed by atoms with E-state index in [4.69, 9.17) is 10.5 Å². The minimum Gasteiger partial charge on any atom is -0.459 e. The number of hydrogen-bond acceptors (Lipinski definition) is 3. The number of esters is 1. The molecular formula is C14H18BrNO3. The van der Waals surface area contributed by atoms with Crippen LogP contribution in [-0.2, 0) is 20.7 Å². The van der Waals surface area contributed by atoms with Gasteiger partial charge < -0.3 is 10.5 Å². The summed E-state index contributed by atoms with van der Waals surface area (Å²) in [6, 6.07) is 7.37. The van der Waals surface area contributed by atoms with E-state index in [1.165, 1.54) is 0 Å². The maximum absolute atomic E-state index is 11.9. The molecule has 0 saturated carbocycles. The van der Waals surface area contributed by atoms with E-state index in [0.717, 1.165) is 10.0 Å². The Labute approximate surface area is 121 Å². The van der Waals surface area contributed by atoms with Gasteiger partial charge in [0, 0.05) is 4.47 Å². The van der Waals surface area contributed by atoms with Crippen molar-refractivity contribution in [3.05, 3.63) is 34.3 Å². The van der Waals surface area contributed by atoms with Gasteiger partial charge in [0.05, 0.1) is 0 Å². The molecule has 0 heterocycles. The molecule has 0 aliphatic heterocycles. The molecule has 0 radical (unpaired) electrons. The summed E-state index contributed by atoms with van der Waals surface area (Å²) in [5.74, 6) is -2.21. The minimum absolute atomic E-state index is 0.248. The second-order valence-corrected chi connectivity index (χ2v) is 6.23. The standard InChI is InChI=1S/C14H18BrNO3/c1-14(2,3)19-13(18)11(12(16)17)8-9-4-6-10(15)7-5-9/h4-7,11H,8H2,1-3H3,(H2,16,17). The van der Waals surface area contributed by atoms with Gasteiger partial charge in [0.2, 0.25) is 5.91 Å². The summed E-state index contributed by atoms with van der Waals surface area (Å²) in [4.78, 5) is 23.3. The topological polar surface area (TPSA) is 69.4 Å². The fraction of sp³-hybridized carbons (Fsp3) is 0.429. The molecule has 1 rings (SSSR count). The molecule has 0 aliphatic rings. The number of halogens is 1. The van der Waals surface area contributed by atoms with Crippen molar-refractivity contribution >= 4 is 27.8 Å². The summed E-state index contributed by atoms with van der Waals surface area (Å²) in [6.07, 6.45) is 0.248. The molecule has 0 bridgehead atoms. The number of ether oxygens (including phenoxy) is 1. The van der Waals surface area contributed by atoms with E-state index >= 15 is 0 Å². The van der Waals surface area contributed by atoms with Crippen molar-refractivity contribution in [3.63, 3.8) is 0 Å². The van der Waals surface area contributed by atoms with Crippen LogP contribution in [-0.4, -0.2) is 17.5 Å². The largest absolute Gasteiger partial charge is 0.459 e. The van der Waals surface area contributed by atoms with Crippen molar-refractivity contribution in [1.82, 2.24) is 0 Å². The van der Waals surface area contributed by atoms with Crippen molar-refractivity contribution in [3.8, 4) is 0 Å². The van der Waals surface area contributed by atoms with Crippen LogP contribution in [0.5, 0.6) is 0 Å². The van der Waals surface area contributed by atoms with E-state index in [0.29, 0.717) is 0 Å². The molecule has 104 valence electrons. The van der Waals surface area contributed by atoms with Crippen LogP contribution in [0.1, 0.15) is 26.3 Å². The molecule has 0 spiro atoms. The quantitative estimate of drug-likeness (QED) is 0.682. The minimum atomic E-state index is -0.958. The predicted molar refractivity (Wildman–Crippen MR) is 76.4 cm³/mol. The zero-order chi connectivity index (χ0) is 14.6. The Morgan fingerprint density at radius 2 is 1.79 bits per heavy atom. The van der Waals surface area contributed by atoms with E-state index < -0.39 is 23.4 Å². The lowest BCUT2D eigenvalue weighted by Crippen LogP contribution is -2.37. The van der Waals surface area contributed by atoms with E-state index in [2.05, 4.69) is 15.9 Å². The number of carbonyl (C=O) groups excluding carboxylic acids is 2. The highest BCUT2D eigenvalue weighted by molar-refractivity contribution is 9.10. The Hall–Kier alpha value is -1.36. The first-order valence-electron chi connectivity index (χ1n) is 5.95. The van der Waals surface area contributed by atoms with Gasteiger partial charge in [-0.15, -0.1) is 0 Å². The average molecular weight is 328 g/mol. The Morgan fingerprint density at radius 3 is 2.21 bits per heavy atom. The van der Waals surface area contributed by atoms with E-state index in [1.807, 2.05) is 24.3 Å². The highest BCUT2D eigenvalue weighted by Crippen LogP contribution is 2.17. The summed E-state index contributed by atoms with van der Waals surface area (Å²) in [5, 5.41) is 0. The second kappa shape index (κ2) is 6.19. The number of benzene rings is 1. The number of carbonyl (C=O) groups is 2. The molecule has 5 heteroatoms. The third-order valence-corrected chi connectivity index (χ3v) is 2.92. The van der Waals surface area contributed by atoms with Crippen LogP contribution in [0.2, 0.25) is 0 Å². The molecule has 0 aromatic heterocycles. The van der Waals surface area contributed by atoms with Gasteiger partial charge in [-0.1, -0.05) is 28.1 Å².